The molecular formula is C17H20ClN. The summed E-state index contributed by atoms with van der Waals surface area (Å²) in [6.45, 7) is 6.35. The second-order valence-electron chi connectivity index (χ2n) is 4.83. The molecule has 0 aliphatic carbocycles. The average molecular weight is 274 g/mol. The minimum atomic E-state index is 0.779. The smallest absolute Gasteiger partial charge is 0.0406 e. The minimum absolute atomic E-state index is 0.779. The van der Waals surface area contributed by atoms with Crippen LogP contribution in [0.1, 0.15) is 24.5 Å². The number of hydrogen-bond donors (Lipinski definition) is 1. The van der Waals surface area contributed by atoms with E-state index in [0.29, 0.717) is 0 Å². The van der Waals surface area contributed by atoms with Crippen LogP contribution in [0.25, 0.3) is 11.1 Å². The van der Waals surface area contributed by atoms with Gasteiger partial charge in [-0.3, -0.25) is 0 Å². The predicted octanol–water partition coefficient (Wildman–Crippen LogP) is 4.82. The van der Waals surface area contributed by atoms with Crippen LogP contribution in [0.3, 0.4) is 0 Å². The molecule has 2 aromatic rings. The Morgan fingerprint density at radius 1 is 1.05 bits per heavy atom. The molecule has 1 N–H and O–H groups in total. The zero-order valence-electron chi connectivity index (χ0n) is 11.5. The van der Waals surface area contributed by atoms with Gasteiger partial charge in [0, 0.05) is 11.6 Å². The maximum Gasteiger partial charge on any atom is 0.0406 e. The molecule has 0 spiro atoms. The second-order valence-corrected chi connectivity index (χ2v) is 5.27. The maximum atomic E-state index is 5.93. The van der Waals surface area contributed by atoms with E-state index in [2.05, 4.69) is 49.5 Å². The molecule has 0 heterocycles. The van der Waals surface area contributed by atoms with E-state index in [1.807, 2.05) is 12.1 Å². The van der Waals surface area contributed by atoms with Crippen molar-refractivity contribution in [3.05, 3.63) is 58.6 Å². The van der Waals surface area contributed by atoms with Gasteiger partial charge in [0.1, 0.15) is 0 Å². The van der Waals surface area contributed by atoms with Crippen LogP contribution in [0.2, 0.25) is 5.02 Å². The van der Waals surface area contributed by atoms with Crippen LogP contribution in [-0.4, -0.2) is 6.54 Å². The third kappa shape index (κ3) is 3.82. The van der Waals surface area contributed by atoms with Gasteiger partial charge in [0.2, 0.25) is 0 Å². The first-order chi connectivity index (χ1) is 9.20. The Balaban J connectivity index is 2.17. The summed E-state index contributed by atoms with van der Waals surface area (Å²) in [4.78, 5) is 0. The molecule has 2 rings (SSSR count). The molecule has 100 valence electrons. The maximum absolute atomic E-state index is 5.93. The molecule has 0 fully saturated rings. The molecular weight excluding hydrogens is 254 g/mol. The van der Waals surface area contributed by atoms with E-state index in [9.17, 15) is 0 Å². The molecule has 0 aromatic heterocycles. The summed E-state index contributed by atoms with van der Waals surface area (Å²) in [5.74, 6) is 0. The van der Waals surface area contributed by atoms with Crippen molar-refractivity contribution in [1.29, 1.82) is 0 Å². The summed E-state index contributed by atoms with van der Waals surface area (Å²) in [7, 11) is 0. The third-order valence-corrected chi connectivity index (χ3v) is 3.45. The molecule has 0 aliphatic heterocycles. The van der Waals surface area contributed by atoms with E-state index < -0.39 is 0 Å². The number of hydrogen-bond acceptors (Lipinski definition) is 1. The molecule has 2 heteroatoms. The molecule has 1 nitrogen and oxygen atoms in total. The SMILES string of the molecule is CCCNCc1ccc(-c2ccc(Cl)cc2)c(C)c1. The number of rotatable bonds is 5. The van der Waals surface area contributed by atoms with E-state index in [1.54, 1.807) is 0 Å². The summed E-state index contributed by atoms with van der Waals surface area (Å²) < 4.78 is 0. The van der Waals surface area contributed by atoms with Gasteiger partial charge >= 0.3 is 0 Å². The molecule has 0 radical (unpaired) electrons. The van der Waals surface area contributed by atoms with E-state index in [1.165, 1.54) is 28.7 Å². The summed E-state index contributed by atoms with van der Waals surface area (Å²) in [6, 6.07) is 14.7. The van der Waals surface area contributed by atoms with Crippen LogP contribution < -0.4 is 5.32 Å². The van der Waals surface area contributed by atoms with Crippen molar-refractivity contribution in [2.75, 3.05) is 6.54 Å². The van der Waals surface area contributed by atoms with Crippen molar-refractivity contribution in [3.8, 4) is 11.1 Å². The van der Waals surface area contributed by atoms with E-state index in [-0.39, 0.29) is 0 Å². The van der Waals surface area contributed by atoms with Crippen LogP contribution in [0.5, 0.6) is 0 Å². The number of benzene rings is 2. The Kier molecular flexibility index (Phi) is 5.00. The van der Waals surface area contributed by atoms with Gasteiger partial charge in [-0.1, -0.05) is 48.9 Å². The highest BCUT2D eigenvalue weighted by atomic mass is 35.5. The lowest BCUT2D eigenvalue weighted by Crippen LogP contribution is -2.13. The molecule has 0 saturated heterocycles. The van der Waals surface area contributed by atoms with Crippen LogP contribution in [0.15, 0.2) is 42.5 Å². The molecule has 0 aliphatic rings. The summed E-state index contributed by atoms with van der Waals surface area (Å²) >= 11 is 5.93. The van der Waals surface area contributed by atoms with Crippen LogP contribution in [-0.2, 0) is 6.54 Å². The van der Waals surface area contributed by atoms with Gasteiger partial charge in [0.05, 0.1) is 0 Å². The van der Waals surface area contributed by atoms with Gasteiger partial charge in [0.25, 0.3) is 0 Å². The lowest BCUT2D eigenvalue weighted by molar-refractivity contribution is 0.675. The largest absolute Gasteiger partial charge is 0.313 e. The zero-order chi connectivity index (χ0) is 13.7. The van der Waals surface area contributed by atoms with Crippen molar-refractivity contribution in [2.45, 2.75) is 26.8 Å². The average Bonchev–Trinajstić information content (AvgIpc) is 2.41. The molecule has 0 unspecified atom stereocenters. The molecule has 0 bridgehead atoms. The van der Waals surface area contributed by atoms with Gasteiger partial charge in [-0.05, 0) is 54.3 Å². The topological polar surface area (TPSA) is 12.0 Å². The summed E-state index contributed by atoms with van der Waals surface area (Å²) in [6.07, 6.45) is 1.17. The fraction of sp³-hybridized carbons (Fsp3) is 0.294. The molecule has 2 aromatic carbocycles. The van der Waals surface area contributed by atoms with Gasteiger partial charge in [-0.2, -0.15) is 0 Å². The Bertz CT molecular complexity index is 531. The Morgan fingerprint density at radius 3 is 2.42 bits per heavy atom. The highest BCUT2D eigenvalue weighted by Crippen LogP contribution is 2.25. The first-order valence-electron chi connectivity index (χ1n) is 6.77. The summed E-state index contributed by atoms with van der Waals surface area (Å²) in [5, 5.41) is 4.21. The highest BCUT2D eigenvalue weighted by molar-refractivity contribution is 6.30. The standard InChI is InChI=1S/C17H20ClN/c1-3-10-19-12-14-4-9-17(13(2)11-14)15-5-7-16(18)8-6-15/h4-9,11,19H,3,10,12H2,1-2H3. The predicted molar refractivity (Wildman–Crippen MR) is 83.6 cm³/mol. The highest BCUT2D eigenvalue weighted by Gasteiger charge is 2.03. The first-order valence-corrected chi connectivity index (χ1v) is 7.14. The normalized spacial score (nSPS) is 10.7. The Morgan fingerprint density at radius 2 is 1.79 bits per heavy atom. The van der Waals surface area contributed by atoms with Crippen molar-refractivity contribution in [3.63, 3.8) is 0 Å². The van der Waals surface area contributed by atoms with Crippen LogP contribution in [0.4, 0.5) is 0 Å². The lowest BCUT2D eigenvalue weighted by atomic mass is 9.98. The second kappa shape index (κ2) is 6.74. The lowest BCUT2D eigenvalue weighted by Gasteiger charge is -2.10. The minimum Gasteiger partial charge on any atom is -0.313 e. The first kappa shape index (κ1) is 14.1. The van der Waals surface area contributed by atoms with Gasteiger partial charge in [-0.25, -0.2) is 0 Å². The van der Waals surface area contributed by atoms with Crippen LogP contribution >= 0.6 is 11.6 Å². The monoisotopic (exact) mass is 273 g/mol. The Hall–Kier alpha value is -1.31. The molecule has 0 amide bonds. The van der Waals surface area contributed by atoms with Crippen molar-refractivity contribution in [1.82, 2.24) is 5.32 Å². The fourth-order valence-corrected chi connectivity index (χ4v) is 2.32. The fourth-order valence-electron chi connectivity index (χ4n) is 2.20. The van der Waals surface area contributed by atoms with Crippen molar-refractivity contribution in [2.24, 2.45) is 0 Å². The van der Waals surface area contributed by atoms with Crippen LogP contribution in [0, 0.1) is 6.92 Å². The van der Waals surface area contributed by atoms with Crippen molar-refractivity contribution < 1.29 is 0 Å². The van der Waals surface area contributed by atoms with E-state index in [0.717, 1.165) is 18.1 Å². The van der Waals surface area contributed by atoms with E-state index in [4.69, 9.17) is 11.6 Å². The Labute approximate surface area is 120 Å². The molecule has 0 saturated carbocycles. The van der Waals surface area contributed by atoms with Gasteiger partial charge < -0.3 is 5.32 Å². The number of halogens is 1. The number of nitrogens with one attached hydrogen (secondary N) is 1. The van der Waals surface area contributed by atoms with Gasteiger partial charge in [0.15, 0.2) is 0 Å². The summed E-state index contributed by atoms with van der Waals surface area (Å²) in [5.41, 5.74) is 5.13. The quantitative estimate of drug-likeness (QED) is 0.771. The molecule has 19 heavy (non-hydrogen) atoms. The van der Waals surface area contributed by atoms with Gasteiger partial charge in [-0.15, -0.1) is 0 Å². The van der Waals surface area contributed by atoms with Crippen molar-refractivity contribution >= 4 is 11.6 Å². The third-order valence-electron chi connectivity index (χ3n) is 3.20. The number of aryl methyl sites for hydroxylation is 1. The molecule has 0 atom stereocenters. The van der Waals surface area contributed by atoms with E-state index >= 15 is 0 Å². The zero-order valence-corrected chi connectivity index (χ0v) is 12.3.